The van der Waals surface area contributed by atoms with Crippen LogP contribution in [0.5, 0.6) is 0 Å². The van der Waals surface area contributed by atoms with E-state index in [2.05, 4.69) is 10.2 Å². The molecule has 1 aliphatic rings. The number of nitrogens with one attached hydrogen (secondary N) is 1. The summed E-state index contributed by atoms with van der Waals surface area (Å²) in [4.78, 5) is 11.4. The van der Waals surface area contributed by atoms with Crippen molar-refractivity contribution >= 4 is 11.8 Å². The highest BCUT2D eigenvalue weighted by Gasteiger charge is 2.29. The first-order valence-electron chi connectivity index (χ1n) is 6.15. The fourth-order valence-electron chi connectivity index (χ4n) is 2.25. The lowest BCUT2D eigenvalue weighted by Gasteiger charge is -2.31. The molecule has 6 heteroatoms. The highest BCUT2D eigenvalue weighted by Crippen LogP contribution is 2.32. The van der Waals surface area contributed by atoms with Crippen LogP contribution in [0.25, 0.3) is 0 Å². The molecule has 0 amide bonds. The van der Waals surface area contributed by atoms with Gasteiger partial charge in [-0.1, -0.05) is 31.0 Å². The molecule has 0 radical (unpaired) electrons. The van der Waals surface area contributed by atoms with E-state index in [1.54, 1.807) is 4.57 Å². The summed E-state index contributed by atoms with van der Waals surface area (Å²) in [5, 5.41) is 17.5. The van der Waals surface area contributed by atoms with Crippen molar-refractivity contribution in [1.29, 1.82) is 0 Å². The largest absolute Gasteiger partial charge is 0.389 e. The van der Waals surface area contributed by atoms with E-state index in [0.29, 0.717) is 17.5 Å². The molecule has 1 aliphatic carbocycles. The molecule has 1 fully saturated rings. The Hall–Kier alpha value is -0.750. The molecule has 0 spiro atoms. The highest BCUT2D eigenvalue weighted by atomic mass is 32.2. The van der Waals surface area contributed by atoms with Crippen LogP contribution in [0.2, 0.25) is 0 Å². The summed E-state index contributed by atoms with van der Waals surface area (Å²) in [7, 11) is 0. The number of hydrogen-bond acceptors (Lipinski definition) is 4. The van der Waals surface area contributed by atoms with Crippen LogP contribution < -0.4 is 5.69 Å². The quantitative estimate of drug-likeness (QED) is 0.799. The maximum absolute atomic E-state index is 11.4. The van der Waals surface area contributed by atoms with Crippen LogP contribution in [0.3, 0.4) is 0 Å². The number of nitrogens with zero attached hydrogens (tertiary/aromatic N) is 2. The molecule has 1 aromatic heterocycles. The standard InChI is InChI=1S/C11H19N3O2S/c1-2-14-9(15)12-13-10(14)17-8-11(16)6-4-3-5-7-11/h16H,2-8H2,1H3,(H,12,15). The van der Waals surface area contributed by atoms with Gasteiger partial charge in [0.25, 0.3) is 0 Å². The van der Waals surface area contributed by atoms with Crippen LogP contribution in [-0.2, 0) is 6.54 Å². The van der Waals surface area contributed by atoms with Crippen molar-refractivity contribution in [2.45, 2.75) is 56.3 Å². The van der Waals surface area contributed by atoms with E-state index >= 15 is 0 Å². The Bertz CT molecular complexity index is 421. The molecule has 0 saturated heterocycles. The van der Waals surface area contributed by atoms with Crippen molar-refractivity contribution in [2.24, 2.45) is 0 Å². The maximum atomic E-state index is 11.4. The van der Waals surface area contributed by atoms with Crippen molar-refractivity contribution in [1.82, 2.24) is 14.8 Å². The predicted molar refractivity (Wildman–Crippen MR) is 67.3 cm³/mol. The van der Waals surface area contributed by atoms with Crippen molar-refractivity contribution in [3.05, 3.63) is 10.5 Å². The third-order valence-electron chi connectivity index (χ3n) is 3.29. The lowest BCUT2D eigenvalue weighted by Crippen LogP contribution is -2.34. The number of thioether (sulfide) groups is 1. The SMILES string of the molecule is CCn1c(SCC2(O)CCCCC2)n[nH]c1=O. The van der Waals surface area contributed by atoms with Crippen molar-refractivity contribution in [3.63, 3.8) is 0 Å². The summed E-state index contributed by atoms with van der Waals surface area (Å²) in [5.41, 5.74) is -0.748. The summed E-state index contributed by atoms with van der Waals surface area (Å²) in [6, 6.07) is 0. The zero-order valence-corrected chi connectivity index (χ0v) is 10.9. The van der Waals surface area contributed by atoms with Gasteiger partial charge < -0.3 is 5.11 Å². The van der Waals surface area contributed by atoms with Gasteiger partial charge in [-0.2, -0.15) is 0 Å². The first-order chi connectivity index (χ1) is 8.14. The van der Waals surface area contributed by atoms with Crippen LogP contribution in [0, 0.1) is 0 Å². The Balaban J connectivity index is 1.99. The van der Waals surface area contributed by atoms with Gasteiger partial charge in [0.05, 0.1) is 5.60 Å². The Labute approximate surface area is 105 Å². The molecule has 0 aliphatic heterocycles. The maximum Gasteiger partial charge on any atom is 0.343 e. The number of aliphatic hydroxyl groups is 1. The smallest absolute Gasteiger partial charge is 0.343 e. The topological polar surface area (TPSA) is 70.9 Å². The molecule has 2 N–H and O–H groups in total. The van der Waals surface area contributed by atoms with Gasteiger partial charge in [0.1, 0.15) is 0 Å². The molecule has 1 aromatic rings. The van der Waals surface area contributed by atoms with Crippen LogP contribution in [-0.4, -0.2) is 31.2 Å². The molecule has 0 aromatic carbocycles. The average molecular weight is 257 g/mol. The van der Waals surface area contributed by atoms with E-state index in [0.717, 1.165) is 25.7 Å². The third-order valence-corrected chi connectivity index (χ3v) is 4.55. The normalized spacial score (nSPS) is 19.4. The summed E-state index contributed by atoms with van der Waals surface area (Å²) in [6.45, 7) is 2.52. The second-order valence-corrected chi connectivity index (χ2v) is 5.57. The van der Waals surface area contributed by atoms with E-state index in [-0.39, 0.29) is 5.69 Å². The van der Waals surface area contributed by atoms with Crippen LogP contribution in [0.4, 0.5) is 0 Å². The first kappa shape index (κ1) is 12.7. The first-order valence-corrected chi connectivity index (χ1v) is 7.13. The van der Waals surface area contributed by atoms with Crippen molar-refractivity contribution < 1.29 is 5.11 Å². The minimum atomic E-state index is -0.573. The van der Waals surface area contributed by atoms with Gasteiger partial charge in [0.15, 0.2) is 5.16 Å². The molecular weight excluding hydrogens is 238 g/mol. The molecule has 5 nitrogen and oxygen atoms in total. The van der Waals surface area contributed by atoms with E-state index in [9.17, 15) is 9.90 Å². The zero-order valence-electron chi connectivity index (χ0n) is 10.1. The Morgan fingerprint density at radius 2 is 2.18 bits per heavy atom. The third kappa shape index (κ3) is 2.93. The molecule has 1 heterocycles. The van der Waals surface area contributed by atoms with Gasteiger partial charge in [0.2, 0.25) is 0 Å². The molecule has 0 atom stereocenters. The van der Waals surface area contributed by atoms with Gasteiger partial charge in [0, 0.05) is 12.3 Å². The molecule has 96 valence electrons. The monoisotopic (exact) mass is 257 g/mol. The molecule has 2 rings (SSSR count). The fourth-order valence-corrected chi connectivity index (χ4v) is 3.41. The summed E-state index contributed by atoms with van der Waals surface area (Å²) < 4.78 is 1.59. The molecule has 0 unspecified atom stereocenters. The van der Waals surface area contributed by atoms with Crippen LogP contribution in [0.15, 0.2) is 9.95 Å². The van der Waals surface area contributed by atoms with E-state index in [4.69, 9.17) is 0 Å². The Kier molecular flexibility index (Phi) is 3.93. The fraction of sp³-hybridized carbons (Fsp3) is 0.818. The van der Waals surface area contributed by atoms with E-state index < -0.39 is 5.60 Å². The van der Waals surface area contributed by atoms with E-state index in [1.807, 2.05) is 6.92 Å². The van der Waals surface area contributed by atoms with Gasteiger partial charge in [-0.25, -0.2) is 9.89 Å². The lowest BCUT2D eigenvalue weighted by atomic mass is 9.86. The van der Waals surface area contributed by atoms with Crippen LogP contribution in [0.1, 0.15) is 39.0 Å². The van der Waals surface area contributed by atoms with Crippen LogP contribution >= 0.6 is 11.8 Å². The summed E-state index contributed by atoms with van der Waals surface area (Å²) in [5.74, 6) is 0.622. The second-order valence-electron chi connectivity index (χ2n) is 4.63. The summed E-state index contributed by atoms with van der Waals surface area (Å²) in [6.07, 6.45) is 5.13. The number of H-pyrrole nitrogens is 1. The number of rotatable bonds is 4. The van der Waals surface area contributed by atoms with Gasteiger partial charge >= 0.3 is 5.69 Å². The van der Waals surface area contributed by atoms with Crippen molar-refractivity contribution in [2.75, 3.05) is 5.75 Å². The lowest BCUT2D eigenvalue weighted by molar-refractivity contribution is 0.0272. The minimum absolute atomic E-state index is 0.175. The minimum Gasteiger partial charge on any atom is -0.389 e. The van der Waals surface area contributed by atoms with Gasteiger partial charge in [-0.3, -0.25) is 4.57 Å². The molecule has 17 heavy (non-hydrogen) atoms. The zero-order chi connectivity index (χ0) is 12.3. The Morgan fingerprint density at radius 1 is 1.47 bits per heavy atom. The molecule has 0 bridgehead atoms. The molecular formula is C11H19N3O2S. The average Bonchev–Trinajstić information content (AvgIpc) is 2.68. The Morgan fingerprint density at radius 3 is 2.82 bits per heavy atom. The summed E-state index contributed by atoms with van der Waals surface area (Å²) >= 11 is 1.47. The van der Waals surface area contributed by atoms with Gasteiger partial charge in [-0.05, 0) is 19.8 Å². The number of aromatic nitrogens is 3. The second kappa shape index (κ2) is 5.27. The highest BCUT2D eigenvalue weighted by molar-refractivity contribution is 7.99. The number of aromatic amines is 1. The molecule has 1 saturated carbocycles. The van der Waals surface area contributed by atoms with Gasteiger partial charge in [-0.15, -0.1) is 5.10 Å². The predicted octanol–water partition coefficient (Wildman–Crippen LogP) is 1.38. The van der Waals surface area contributed by atoms with E-state index in [1.165, 1.54) is 18.2 Å². The number of hydrogen-bond donors (Lipinski definition) is 2. The van der Waals surface area contributed by atoms with Crippen molar-refractivity contribution in [3.8, 4) is 0 Å².